The molecule has 0 spiro atoms. The second-order valence-electron chi connectivity index (χ2n) is 3.69. The zero-order valence-corrected chi connectivity index (χ0v) is 12.3. The fourth-order valence-electron chi connectivity index (χ4n) is 1.46. The molecule has 0 unspecified atom stereocenters. The highest BCUT2D eigenvalue weighted by atomic mass is 35.5. The molecule has 0 radical (unpaired) electrons. The molecule has 1 aromatic heterocycles. The maximum Gasteiger partial charge on any atom is 0.273 e. The zero-order chi connectivity index (χ0) is 14.0. The van der Waals surface area contributed by atoms with E-state index in [1.54, 1.807) is 30.3 Å². The van der Waals surface area contributed by atoms with Crippen LogP contribution >= 0.6 is 22.9 Å². The van der Waals surface area contributed by atoms with Crippen molar-refractivity contribution in [2.75, 3.05) is 11.4 Å². The van der Waals surface area contributed by atoms with Gasteiger partial charge in [0.1, 0.15) is 4.21 Å². The molecule has 0 saturated heterocycles. The van der Waals surface area contributed by atoms with E-state index >= 15 is 0 Å². The molecule has 7 heteroatoms. The molecule has 4 nitrogen and oxygen atoms in total. The van der Waals surface area contributed by atoms with E-state index in [0.717, 1.165) is 15.6 Å². The SMILES string of the molecule is CN(c1ccc(C#N)cc1)S(=O)(=O)c1ccc(Cl)s1. The Morgan fingerprint density at radius 2 is 1.84 bits per heavy atom. The Hall–Kier alpha value is -1.55. The molecule has 0 bridgehead atoms. The largest absolute Gasteiger partial charge is 0.273 e. The van der Waals surface area contributed by atoms with E-state index in [1.807, 2.05) is 6.07 Å². The van der Waals surface area contributed by atoms with Crippen molar-refractivity contribution >= 4 is 38.6 Å². The molecule has 0 amide bonds. The smallest absolute Gasteiger partial charge is 0.269 e. The van der Waals surface area contributed by atoms with Gasteiger partial charge >= 0.3 is 0 Å². The predicted octanol–water partition coefficient (Wildman–Crippen LogP) is 3.10. The minimum atomic E-state index is -3.61. The third-order valence-corrected chi connectivity index (χ3v) is 6.01. The Labute approximate surface area is 120 Å². The lowest BCUT2D eigenvalue weighted by molar-refractivity contribution is 0.596. The lowest BCUT2D eigenvalue weighted by atomic mass is 10.2. The van der Waals surface area contributed by atoms with Gasteiger partial charge in [-0.1, -0.05) is 11.6 Å². The van der Waals surface area contributed by atoms with Crippen LogP contribution in [0.15, 0.2) is 40.6 Å². The molecule has 0 atom stereocenters. The quantitative estimate of drug-likeness (QED) is 0.875. The number of rotatable bonds is 3. The lowest BCUT2D eigenvalue weighted by Gasteiger charge is -2.18. The van der Waals surface area contributed by atoms with Crippen molar-refractivity contribution in [1.29, 1.82) is 5.26 Å². The summed E-state index contributed by atoms with van der Waals surface area (Å²) in [6, 6.07) is 11.3. The van der Waals surface area contributed by atoms with Crippen LogP contribution in [0.4, 0.5) is 5.69 Å². The van der Waals surface area contributed by atoms with Gasteiger partial charge in [0.25, 0.3) is 10.0 Å². The predicted molar refractivity (Wildman–Crippen MR) is 76.1 cm³/mol. The van der Waals surface area contributed by atoms with Crippen molar-refractivity contribution in [2.45, 2.75) is 4.21 Å². The van der Waals surface area contributed by atoms with Gasteiger partial charge in [-0.3, -0.25) is 4.31 Å². The van der Waals surface area contributed by atoms with E-state index < -0.39 is 10.0 Å². The summed E-state index contributed by atoms with van der Waals surface area (Å²) in [6.07, 6.45) is 0. The number of anilines is 1. The Morgan fingerprint density at radius 3 is 2.32 bits per heavy atom. The summed E-state index contributed by atoms with van der Waals surface area (Å²) >= 11 is 6.77. The van der Waals surface area contributed by atoms with Crippen molar-refractivity contribution in [2.24, 2.45) is 0 Å². The van der Waals surface area contributed by atoms with Crippen LogP contribution in [0.25, 0.3) is 0 Å². The van der Waals surface area contributed by atoms with Gasteiger partial charge < -0.3 is 0 Å². The number of hydrogen-bond donors (Lipinski definition) is 0. The van der Waals surface area contributed by atoms with Crippen LogP contribution in [-0.4, -0.2) is 15.5 Å². The second kappa shape index (κ2) is 5.21. The number of halogens is 1. The Morgan fingerprint density at radius 1 is 1.21 bits per heavy atom. The standard InChI is InChI=1S/C12H9ClN2O2S2/c1-15(10-4-2-9(8-14)3-5-10)19(16,17)12-7-6-11(13)18-12/h2-7H,1H3. The number of hydrogen-bond acceptors (Lipinski definition) is 4. The summed E-state index contributed by atoms with van der Waals surface area (Å²) in [5.74, 6) is 0. The Balaban J connectivity index is 2.37. The minimum Gasteiger partial charge on any atom is -0.269 e. The number of nitriles is 1. The molecule has 19 heavy (non-hydrogen) atoms. The summed E-state index contributed by atoms with van der Waals surface area (Å²) < 4.78 is 26.4. The van der Waals surface area contributed by atoms with Gasteiger partial charge in [-0.2, -0.15) is 5.26 Å². The summed E-state index contributed by atoms with van der Waals surface area (Å²) in [5.41, 5.74) is 0.970. The van der Waals surface area contributed by atoms with Gasteiger partial charge in [0.2, 0.25) is 0 Å². The average Bonchev–Trinajstić information content (AvgIpc) is 2.85. The number of nitrogens with zero attached hydrogens (tertiary/aromatic N) is 2. The van der Waals surface area contributed by atoms with Gasteiger partial charge in [0.05, 0.1) is 21.7 Å². The first-order chi connectivity index (χ1) is 8.95. The van der Waals surface area contributed by atoms with Crippen LogP contribution in [0.3, 0.4) is 0 Å². The average molecular weight is 313 g/mol. The molecule has 2 aromatic rings. The number of sulfonamides is 1. The van der Waals surface area contributed by atoms with Crippen molar-refractivity contribution in [3.05, 3.63) is 46.3 Å². The van der Waals surface area contributed by atoms with E-state index in [4.69, 9.17) is 16.9 Å². The molecule has 0 saturated carbocycles. The Bertz CT molecular complexity index is 730. The van der Waals surface area contributed by atoms with E-state index in [0.29, 0.717) is 15.6 Å². The minimum absolute atomic E-state index is 0.185. The molecule has 0 aliphatic rings. The molecule has 2 rings (SSSR count). The normalized spacial score (nSPS) is 11.0. The van der Waals surface area contributed by atoms with Crippen molar-refractivity contribution < 1.29 is 8.42 Å². The molecule has 0 N–H and O–H groups in total. The van der Waals surface area contributed by atoms with Gasteiger partial charge in [-0.05, 0) is 36.4 Å². The first-order valence-corrected chi connectivity index (χ1v) is 7.83. The zero-order valence-electron chi connectivity index (χ0n) is 9.87. The molecular weight excluding hydrogens is 304 g/mol. The first-order valence-electron chi connectivity index (χ1n) is 5.19. The fourth-order valence-corrected chi connectivity index (χ4v) is 4.31. The summed E-state index contributed by atoms with van der Waals surface area (Å²) in [5, 5.41) is 8.71. The lowest BCUT2D eigenvalue weighted by Crippen LogP contribution is -2.25. The van der Waals surface area contributed by atoms with Crippen molar-refractivity contribution in [1.82, 2.24) is 0 Å². The van der Waals surface area contributed by atoms with E-state index in [2.05, 4.69) is 0 Å². The maximum absolute atomic E-state index is 12.3. The van der Waals surface area contributed by atoms with Gasteiger partial charge in [0, 0.05) is 7.05 Å². The van der Waals surface area contributed by atoms with Crippen LogP contribution in [0.2, 0.25) is 4.34 Å². The van der Waals surface area contributed by atoms with Crippen molar-refractivity contribution in [3.63, 3.8) is 0 Å². The molecule has 0 fully saturated rings. The molecule has 1 aromatic carbocycles. The number of benzene rings is 1. The summed E-state index contributed by atoms with van der Waals surface area (Å²) in [7, 11) is -2.14. The Kier molecular flexibility index (Phi) is 3.80. The highest BCUT2D eigenvalue weighted by Crippen LogP contribution is 2.29. The van der Waals surface area contributed by atoms with Gasteiger partial charge in [-0.25, -0.2) is 8.42 Å². The maximum atomic E-state index is 12.3. The van der Waals surface area contributed by atoms with Gasteiger partial charge in [-0.15, -0.1) is 11.3 Å². The highest BCUT2D eigenvalue weighted by Gasteiger charge is 2.23. The van der Waals surface area contributed by atoms with E-state index in [9.17, 15) is 8.42 Å². The molecule has 0 aliphatic carbocycles. The van der Waals surface area contributed by atoms with Crippen LogP contribution in [-0.2, 0) is 10.0 Å². The van der Waals surface area contributed by atoms with E-state index in [1.165, 1.54) is 13.1 Å². The van der Waals surface area contributed by atoms with Crippen LogP contribution < -0.4 is 4.31 Å². The third kappa shape index (κ3) is 2.73. The second-order valence-corrected chi connectivity index (χ2v) is 7.60. The van der Waals surface area contributed by atoms with Gasteiger partial charge in [0.15, 0.2) is 0 Å². The summed E-state index contributed by atoms with van der Waals surface area (Å²) in [4.78, 5) is 0. The molecule has 0 aliphatic heterocycles. The number of thiophene rings is 1. The van der Waals surface area contributed by atoms with Crippen molar-refractivity contribution in [3.8, 4) is 6.07 Å². The third-order valence-electron chi connectivity index (χ3n) is 2.52. The molecular formula is C12H9ClN2O2S2. The van der Waals surface area contributed by atoms with Crippen LogP contribution in [0.1, 0.15) is 5.56 Å². The topological polar surface area (TPSA) is 61.2 Å². The molecule has 1 heterocycles. The molecule has 98 valence electrons. The van der Waals surface area contributed by atoms with Crippen LogP contribution in [0, 0.1) is 11.3 Å². The first kappa shape index (κ1) is 13.9. The fraction of sp³-hybridized carbons (Fsp3) is 0.0833. The monoisotopic (exact) mass is 312 g/mol. The highest BCUT2D eigenvalue weighted by molar-refractivity contribution is 7.94. The van der Waals surface area contributed by atoms with Crippen LogP contribution in [0.5, 0.6) is 0 Å². The summed E-state index contributed by atoms with van der Waals surface area (Å²) in [6.45, 7) is 0. The van der Waals surface area contributed by atoms with E-state index in [-0.39, 0.29) is 4.21 Å².